The third kappa shape index (κ3) is 7.49. The molecule has 2 atom stereocenters. The van der Waals surface area contributed by atoms with Gasteiger partial charge in [0, 0.05) is 38.3 Å². The summed E-state index contributed by atoms with van der Waals surface area (Å²) in [6, 6.07) is 11.3. The average Bonchev–Trinajstić information content (AvgIpc) is 3.41. The molecule has 14 heteroatoms. The first-order chi connectivity index (χ1) is 20.9. The van der Waals surface area contributed by atoms with Crippen molar-refractivity contribution in [2.24, 2.45) is 5.92 Å². The lowest BCUT2D eigenvalue weighted by Crippen LogP contribution is -2.47. The molecule has 2 aromatic rings. The molecule has 5 rings (SSSR count). The van der Waals surface area contributed by atoms with Gasteiger partial charge in [-0.1, -0.05) is 19.9 Å². The zero-order chi connectivity index (χ0) is 31.5. The molecule has 12 nitrogen and oxygen atoms in total. The van der Waals surface area contributed by atoms with Gasteiger partial charge in [0.2, 0.25) is 20.0 Å². The van der Waals surface area contributed by atoms with Crippen molar-refractivity contribution < 1.29 is 36.2 Å². The van der Waals surface area contributed by atoms with E-state index < -0.39 is 31.8 Å². The van der Waals surface area contributed by atoms with Gasteiger partial charge in [-0.05, 0) is 62.6 Å². The number of fused-ring (bicyclic) bond motifs is 1. The Bertz CT molecular complexity index is 1510. The standard InChI is InChI=1S/C30H44N4O8S2/c1-22(2)19-33-13-14-40-29-8-7-27(16-28(29)33)44(38,39)34-11-9-30(10-12-34)17-23(20-42-30)32-18-24(35)21-41-25-5-4-6-26(15-25)43(36,37)31-3/h4-8,15-16,22-24,31-32,35H,9-14,17-21H2,1-3H3/t23?,24-/m0/s1. The van der Waals surface area contributed by atoms with Crippen molar-refractivity contribution in [3.05, 3.63) is 42.5 Å². The number of hydrogen-bond acceptors (Lipinski definition) is 10. The second kappa shape index (κ2) is 13.5. The maximum Gasteiger partial charge on any atom is 0.243 e. The number of aliphatic hydroxyl groups is 1. The van der Waals surface area contributed by atoms with Crippen molar-refractivity contribution in [3.8, 4) is 11.5 Å². The summed E-state index contributed by atoms with van der Waals surface area (Å²) in [5.74, 6) is 1.51. The molecule has 0 radical (unpaired) electrons. The highest BCUT2D eigenvalue weighted by Crippen LogP contribution is 2.39. The monoisotopic (exact) mass is 652 g/mol. The van der Waals surface area contributed by atoms with Crippen LogP contribution in [-0.2, 0) is 24.8 Å². The molecule has 0 aliphatic carbocycles. The lowest BCUT2D eigenvalue weighted by atomic mass is 9.88. The fraction of sp³-hybridized carbons (Fsp3) is 0.600. The number of piperidine rings is 1. The molecule has 2 saturated heterocycles. The average molecular weight is 653 g/mol. The van der Waals surface area contributed by atoms with E-state index in [0.717, 1.165) is 30.9 Å². The minimum atomic E-state index is -3.67. The van der Waals surface area contributed by atoms with Crippen LogP contribution >= 0.6 is 0 Å². The van der Waals surface area contributed by atoms with E-state index in [-0.39, 0.29) is 29.0 Å². The second-order valence-corrected chi connectivity index (χ2v) is 16.0. The molecular formula is C30H44N4O8S2. The van der Waals surface area contributed by atoms with Crippen molar-refractivity contribution in [2.75, 3.05) is 64.5 Å². The quantitative estimate of drug-likeness (QED) is 0.310. The molecule has 44 heavy (non-hydrogen) atoms. The molecule has 0 saturated carbocycles. The number of hydrogen-bond donors (Lipinski definition) is 3. The van der Waals surface area contributed by atoms with Crippen LogP contribution in [-0.4, -0.2) is 104 Å². The molecule has 2 fully saturated rings. The van der Waals surface area contributed by atoms with Crippen LogP contribution in [0.5, 0.6) is 11.5 Å². The molecular weight excluding hydrogens is 608 g/mol. The van der Waals surface area contributed by atoms with Crippen LogP contribution in [0.15, 0.2) is 52.3 Å². The minimum absolute atomic E-state index is 0.00829. The molecule has 244 valence electrons. The fourth-order valence-electron chi connectivity index (χ4n) is 6.05. The van der Waals surface area contributed by atoms with Gasteiger partial charge in [0.15, 0.2) is 0 Å². The van der Waals surface area contributed by atoms with Crippen molar-refractivity contribution in [3.63, 3.8) is 0 Å². The van der Waals surface area contributed by atoms with Crippen molar-refractivity contribution >= 4 is 25.7 Å². The molecule has 3 aliphatic rings. The molecule has 3 aliphatic heterocycles. The Labute approximate surface area is 260 Å². The van der Waals surface area contributed by atoms with E-state index in [0.29, 0.717) is 50.8 Å². The molecule has 1 unspecified atom stereocenters. The van der Waals surface area contributed by atoms with Crippen LogP contribution in [0.1, 0.15) is 33.1 Å². The van der Waals surface area contributed by atoms with Gasteiger partial charge in [0.1, 0.15) is 30.8 Å². The number of benzene rings is 2. The number of ether oxygens (including phenoxy) is 3. The summed E-state index contributed by atoms with van der Waals surface area (Å²) in [5.41, 5.74) is 0.428. The number of sulfonamides is 2. The number of nitrogens with zero attached hydrogens (tertiary/aromatic N) is 2. The highest BCUT2D eigenvalue weighted by Gasteiger charge is 2.45. The molecule has 3 heterocycles. The number of anilines is 1. The Morgan fingerprint density at radius 2 is 1.84 bits per heavy atom. The van der Waals surface area contributed by atoms with Crippen molar-refractivity contribution in [2.45, 2.75) is 60.6 Å². The van der Waals surface area contributed by atoms with Gasteiger partial charge in [0.05, 0.1) is 34.2 Å². The molecule has 0 amide bonds. The molecule has 1 spiro atoms. The Balaban J connectivity index is 1.10. The van der Waals surface area contributed by atoms with Gasteiger partial charge in [-0.25, -0.2) is 21.6 Å². The summed E-state index contributed by atoms with van der Waals surface area (Å²) >= 11 is 0. The fourth-order valence-corrected chi connectivity index (χ4v) is 8.28. The Morgan fingerprint density at radius 3 is 2.57 bits per heavy atom. The SMILES string of the molecule is CNS(=O)(=O)c1cccc(OC[C@@H](O)CNC2COC3(CCN(S(=O)(=O)c4ccc5c(c4)N(CC(C)C)CCO5)CC3)C2)c1. The number of aliphatic hydroxyl groups excluding tert-OH is 1. The van der Waals surface area contributed by atoms with E-state index >= 15 is 0 Å². The van der Waals surface area contributed by atoms with Crippen LogP contribution in [0, 0.1) is 5.92 Å². The summed E-state index contributed by atoms with van der Waals surface area (Å²) in [6.45, 7) is 7.92. The van der Waals surface area contributed by atoms with Gasteiger partial charge >= 0.3 is 0 Å². The number of rotatable bonds is 12. The van der Waals surface area contributed by atoms with E-state index in [1.165, 1.54) is 19.2 Å². The lowest BCUT2D eigenvalue weighted by Gasteiger charge is -2.38. The van der Waals surface area contributed by atoms with E-state index in [9.17, 15) is 21.9 Å². The smallest absolute Gasteiger partial charge is 0.243 e. The Morgan fingerprint density at radius 1 is 1.07 bits per heavy atom. The largest absolute Gasteiger partial charge is 0.491 e. The van der Waals surface area contributed by atoms with E-state index in [2.05, 4.69) is 28.8 Å². The van der Waals surface area contributed by atoms with Gasteiger partial charge < -0.3 is 29.5 Å². The van der Waals surface area contributed by atoms with Gasteiger partial charge in [-0.3, -0.25) is 0 Å². The summed E-state index contributed by atoms with van der Waals surface area (Å²) in [7, 11) is -5.92. The topological polar surface area (TPSA) is 147 Å². The van der Waals surface area contributed by atoms with Crippen LogP contribution in [0.2, 0.25) is 0 Å². The zero-order valence-corrected chi connectivity index (χ0v) is 27.2. The third-order valence-electron chi connectivity index (χ3n) is 8.42. The number of nitrogens with one attached hydrogen (secondary N) is 2. The van der Waals surface area contributed by atoms with E-state index in [1.54, 1.807) is 34.6 Å². The summed E-state index contributed by atoms with van der Waals surface area (Å²) in [5, 5.41) is 13.8. The summed E-state index contributed by atoms with van der Waals surface area (Å²) in [6.07, 6.45) is 1.09. The first kappa shape index (κ1) is 32.9. The Hall–Kier alpha value is -2.46. The summed E-state index contributed by atoms with van der Waals surface area (Å²) in [4.78, 5) is 2.57. The first-order valence-electron chi connectivity index (χ1n) is 15.1. The highest BCUT2D eigenvalue weighted by molar-refractivity contribution is 7.89. The van der Waals surface area contributed by atoms with Gasteiger partial charge in [-0.2, -0.15) is 4.31 Å². The van der Waals surface area contributed by atoms with Crippen LogP contribution in [0.4, 0.5) is 5.69 Å². The highest BCUT2D eigenvalue weighted by atomic mass is 32.2. The molecule has 3 N–H and O–H groups in total. The van der Waals surface area contributed by atoms with Gasteiger partial charge in [0.25, 0.3) is 0 Å². The maximum atomic E-state index is 13.6. The predicted molar refractivity (Wildman–Crippen MR) is 166 cm³/mol. The van der Waals surface area contributed by atoms with Crippen LogP contribution in [0.3, 0.4) is 0 Å². The van der Waals surface area contributed by atoms with Crippen molar-refractivity contribution in [1.82, 2.24) is 14.3 Å². The van der Waals surface area contributed by atoms with Crippen molar-refractivity contribution in [1.29, 1.82) is 0 Å². The third-order valence-corrected chi connectivity index (χ3v) is 11.7. The molecule has 0 aromatic heterocycles. The lowest BCUT2D eigenvalue weighted by molar-refractivity contribution is -0.0312. The van der Waals surface area contributed by atoms with Crippen LogP contribution < -0.4 is 24.4 Å². The summed E-state index contributed by atoms with van der Waals surface area (Å²) < 4.78 is 72.7. The first-order valence-corrected chi connectivity index (χ1v) is 18.1. The second-order valence-electron chi connectivity index (χ2n) is 12.2. The predicted octanol–water partition coefficient (Wildman–Crippen LogP) is 1.79. The minimum Gasteiger partial charge on any atom is -0.491 e. The molecule has 2 aromatic carbocycles. The Kier molecular flexibility index (Phi) is 10.1. The van der Waals surface area contributed by atoms with E-state index in [4.69, 9.17) is 14.2 Å². The van der Waals surface area contributed by atoms with Crippen LogP contribution in [0.25, 0.3) is 0 Å². The maximum absolute atomic E-state index is 13.6. The zero-order valence-electron chi connectivity index (χ0n) is 25.6. The van der Waals surface area contributed by atoms with E-state index in [1.807, 2.05) is 0 Å². The van der Waals surface area contributed by atoms with Gasteiger partial charge in [-0.15, -0.1) is 0 Å². The normalized spacial score (nSPS) is 21.3. The molecule has 0 bridgehead atoms.